The number of H-pyrrole nitrogens is 1. The van der Waals surface area contributed by atoms with E-state index in [0.717, 1.165) is 31.9 Å². The van der Waals surface area contributed by atoms with E-state index < -0.39 is 15.6 Å². The van der Waals surface area contributed by atoms with E-state index in [1.807, 2.05) is 0 Å². The van der Waals surface area contributed by atoms with Crippen LogP contribution in [0.25, 0.3) is 0 Å². The molecule has 0 unspecified atom stereocenters. The minimum atomic E-state index is -3.62. The first-order valence-electron chi connectivity index (χ1n) is 6.26. The van der Waals surface area contributed by atoms with Crippen molar-refractivity contribution in [3.63, 3.8) is 0 Å². The lowest BCUT2D eigenvalue weighted by molar-refractivity contribution is 0.449. The van der Waals surface area contributed by atoms with E-state index in [0.29, 0.717) is 6.54 Å². The van der Waals surface area contributed by atoms with Crippen LogP contribution in [-0.2, 0) is 10.0 Å². The van der Waals surface area contributed by atoms with E-state index in [1.54, 1.807) is 0 Å². The van der Waals surface area contributed by atoms with Gasteiger partial charge in [-0.15, -0.1) is 0 Å². The van der Waals surface area contributed by atoms with Gasteiger partial charge in [0.2, 0.25) is 10.0 Å². The second kappa shape index (κ2) is 5.26. The van der Waals surface area contributed by atoms with Crippen LogP contribution in [0.3, 0.4) is 0 Å². The standard InChI is InChI=1S/C12H17ClN2O3S/c1-2-3-12(4-5-12)8-15-19(17,18)9-6-10(13)11(16)14-7-9/h6-7,15H,2-5,8H2,1H3,(H,14,16). The highest BCUT2D eigenvalue weighted by atomic mass is 35.5. The molecule has 0 radical (unpaired) electrons. The lowest BCUT2D eigenvalue weighted by Gasteiger charge is -2.15. The number of nitrogens with one attached hydrogen (secondary N) is 2. The van der Waals surface area contributed by atoms with Crippen molar-refractivity contribution in [2.24, 2.45) is 5.41 Å². The Morgan fingerprint density at radius 2 is 2.16 bits per heavy atom. The molecule has 0 spiro atoms. The van der Waals surface area contributed by atoms with Crippen molar-refractivity contribution in [1.82, 2.24) is 9.71 Å². The fraction of sp³-hybridized carbons (Fsp3) is 0.583. The third-order valence-corrected chi connectivity index (χ3v) is 5.18. The van der Waals surface area contributed by atoms with E-state index in [4.69, 9.17) is 11.6 Å². The molecule has 106 valence electrons. The minimum Gasteiger partial charge on any atom is -0.326 e. The summed E-state index contributed by atoms with van der Waals surface area (Å²) in [6.45, 7) is 2.54. The lowest BCUT2D eigenvalue weighted by atomic mass is 10.0. The summed E-state index contributed by atoms with van der Waals surface area (Å²) >= 11 is 5.64. The van der Waals surface area contributed by atoms with Gasteiger partial charge in [0.05, 0.1) is 4.90 Å². The van der Waals surface area contributed by atoms with Gasteiger partial charge in [0.1, 0.15) is 5.02 Å². The summed E-state index contributed by atoms with van der Waals surface area (Å²) in [6, 6.07) is 1.17. The smallest absolute Gasteiger partial charge is 0.266 e. The van der Waals surface area contributed by atoms with Gasteiger partial charge in [-0.2, -0.15) is 0 Å². The molecule has 1 saturated carbocycles. The van der Waals surface area contributed by atoms with Gasteiger partial charge in [0, 0.05) is 12.7 Å². The van der Waals surface area contributed by atoms with Gasteiger partial charge >= 0.3 is 0 Å². The predicted molar refractivity (Wildman–Crippen MR) is 73.8 cm³/mol. The van der Waals surface area contributed by atoms with E-state index in [2.05, 4.69) is 16.6 Å². The fourth-order valence-electron chi connectivity index (χ4n) is 2.15. The monoisotopic (exact) mass is 304 g/mol. The topological polar surface area (TPSA) is 79.0 Å². The molecule has 5 nitrogen and oxygen atoms in total. The summed E-state index contributed by atoms with van der Waals surface area (Å²) in [4.78, 5) is 13.4. The van der Waals surface area contributed by atoms with Gasteiger partial charge in [-0.1, -0.05) is 24.9 Å². The maximum atomic E-state index is 12.1. The molecule has 0 aromatic carbocycles. The molecule has 1 aliphatic rings. The zero-order chi connectivity index (χ0) is 14.1. The first kappa shape index (κ1) is 14.6. The fourth-order valence-corrected chi connectivity index (χ4v) is 3.53. The molecule has 1 aliphatic carbocycles. The van der Waals surface area contributed by atoms with Crippen LogP contribution in [-0.4, -0.2) is 19.9 Å². The van der Waals surface area contributed by atoms with E-state index >= 15 is 0 Å². The third kappa shape index (κ3) is 3.38. The molecule has 0 atom stereocenters. The molecule has 0 bridgehead atoms. The second-order valence-electron chi connectivity index (χ2n) is 5.09. The third-order valence-electron chi connectivity index (χ3n) is 3.52. The van der Waals surface area contributed by atoms with Crippen molar-refractivity contribution in [3.8, 4) is 0 Å². The van der Waals surface area contributed by atoms with Gasteiger partial charge in [-0.05, 0) is 30.7 Å². The van der Waals surface area contributed by atoms with Crippen LogP contribution in [0.4, 0.5) is 0 Å². The highest BCUT2D eigenvalue weighted by Gasteiger charge is 2.42. The summed E-state index contributed by atoms with van der Waals surface area (Å²) in [7, 11) is -3.62. The summed E-state index contributed by atoms with van der Waals surface area (Å²) in [5.41, 5.74) is -0.362. The molecule has 7 heteroatoms. The van der Waals surface area contributed by atoms with Crippen molar-refractivity contribution >= 4 is 21.6 Å². The van der Waals surface area contributed by atoms with Crippen LogP contribution in [0.15, 0.2) is 22.0 Å². The number of aromatic amines is 1. The quantitative estimate of drug-likeness (QED) is 0.842. The average Bonchev–Trinajstić information content (AvgIpc) is 3.11. The molecule has 1 fully saturated rings. The van der Waals surface area contributed by atoms with Gasteiger partial charge in [0.15, 0.2) is 0 Å². The summed E-state index contributed by atoms with van der Waals surface area (Å²) in [6.07, 6.45) is 5.37. The van der Waals surface area contributed by atoms with E-state index in [1.165, 1.54) is 6.07 Å². The van der Waals surface area contributed by atoms with Crippen LogP contribution in [0, 0.1) is 5.41 Å². The Kier molecular flexibility index (Phi) is 4.03. The number of hydrogen-bond donors (Lipinski definition) is 2. The normalized spacial score (nSPS) is 17.4. The largest absolute Gasteiger partial charge is 0.326 e. The van der Waals surface area contributed by atoms with Crippen LogP contribution < -0.4 is 10.3 Å². The Labute approximate surface area is 117 Å². The maximum Gasteiger partial charge on any atom is 0.266 e. The van der Waals surface area contributed by atoms with Gasteiger partial charge in [0.25, 0.3) is 5.56 Å². The molecule has 1 aromatic rings. The first-order chi connectivity index (χ1) is 8.88. The lowest BCUT2D eigenvalue weighted by Crippen LogP contribution is -2.30. The Balaban J connectivity index is 2.10. The molecule has 1 heterocycles. The number of pyridine rings is 1. The van der Waals surface area contributed by atoms with Crippen molar-refractivity contribution in [2.75, 3.05) is 6.54 Å². The summed E-state index contributed by atoms with van der Waals surface area (Å²) in [5, 5.41) is -0.127. The zero-order valence-corrected chi connectivity index (χ0v) is 12.3. The molecular formula is C12H17ClN2O3S. The van der Waals surface area contributed by atoms with Gasteiger partial charge in [-0.25, -0.2) is 13.1 Å². The number of halogens is 1. The summed E-state index contributed by atoms with van der Waals surface area (Å²) in [5.74, 6) is 0. The highest BCUT2D eigenvalue weighted by Crippen LogP contribution is 2.49. The van der Waals surface area contributed by atoms with Crippen molar-refractivity contribution in [2.45, 2.75) is 37.5 Å². The Morgan fingerprint density at radius 3 is 2.68 bits per heavy atom. The number of rotatable bonds is 6. The molecule has 0 amide bonds. The Bertz CT molecular complexity index is 620. The van der Waals surface area contributed by atoms with Crippen molar-refractivity contribution in [1.29, 1.82) is 0 Å². The first-order valence-corrected chi connectivity index (χ1v) is 8.13. The molecule has 0 saturated heterocycles. The number of hydrogen-bond acceptors (Lipinski definition) is 3. The zero-order valence-electron chi connectivity index (χ0n) is 10.7. The van der Waals surface area contributed by atoms with Crippen LogP contribution >= 0.6 is 11.6 Å². The Morgan fingerprint density at radius 1 is 1.47 bits per heavy atom. The van der Waals surface area contributed by atoms with Crippen LogP contribution in [0.2, 0.25) is 5.02 Å². The molecule has 1 aromatic heterocycles. The van der Waals surface area contributed by atoms with Crippen molar-refractivity contribution in [3.05, 3.63) is 27.6 Å². The van der Waals surface area contributed by atoms with Gasteiger partial charge < -0.3 is 4.98 Å². The van der Waals surface area contributed by atoms with E-state index in [-0.39, 0.29) is 15.3 Å². The number of sulfonamides is 1. The van der Waals surface area contributed by atoms with Gasteiger partial charge in [-0.3, -0.25) is 4.79 Å². The molecule has 2 rings (SSSR count). The number of aromatic nitrogens is 1. The molecule has 0 aliphatic heterocycles. The second-order valence-corrected chi connectivity index (χ2v) is 7.26. The molecular weight excluding hydrogens is 288 g/mol. The van der Waals surface area contributed by atoms with Crippen LogP contribution in [0.5, 0.6) is 0 Å². The predicted octanol–water partition coefficient (Wildman–Crippen LogP) is 1.89. The van der Waals surface area contributed by atoms with E-state index in [9.17, 15) is 13.2 Å². The summed E-state index contributed by atoms with van der Waals surface area (Å²) < 4.78 is 26.8. The minimum absolute atomic E-state index is 0.00982. The Hall–Kier alpha value is -0.850. The maximum absolute atomic E-state index is 12.1. The highest BCUT2D eigenvalue weighted by molar-refractivity contribution is 7.89. The SMILES string of the molecule is CCCC1(CNS(=O)(=O)c2c[nH]c(=O)c(Cl)c2)CC1. The molecule has 2 N–H and O–H groups in total. The van der Waals surface area contributed by atoms with Crippen molar-refractivity contribution < 1.29 is 8.42 Å². The van der Waals surface area contributed by atoms with Crippen LogP contribution in [0.1, 0.15) is 32.6 Å². The average molecular weight is 305 g/mol. The molecule has 19 heavy (non-hydrogen) atoms.